The van der Waals surface area contributed by atoms with E-state index in [0.717, 1.165) is 11.1 Å². The van der Waals surface area contributed by atoms with Crippen LogP contribution in [0.25, 0.3) is 37.6 Å². The van der Waals surface area contributed by atoms with E-state index in [1.807, 2.05) is 42.5 Å². The van der Waals surface area contributed by atoms with E-state index in [1.54, 1.807) is 18.2 Å². The van der Waals surface area contributed by atoms with Crippen LogP contribution in [0, 0.1) is 47.1 Å². The first-order chi connectivity index (χ1) is 14.6. The largest absolute Gasteiger partial charge is 0.271 e. The number of nitriles is 3. The Balaban J connectivity index is 2.02. The second-order valence-corrected chi connectivity index (χ2v) is 6.21. The molecule has 0 amide bonds. The van der Waals surface area contributed by atoms with Crippen LogP contribution in [0.5, 0.6) is 0 Å². The number of allylic oxidation sites excluding steroid dienone is 1. The van der Waals surface area contributed by atoms with Crippen molar-refractivity contribution < 1.29 is 0 Å². The third-order valence-electron chi connectivity index (χ3n) is 4.67. The molecule has 0 N–H and O–H groups in total. The summed E-state index contributed by atoms with van der Waals surface area (Å²) < 4.78 is 0. The molecule has 0 fully saturated rings. The Hall–Kier alpha value is -5.29. The third-order valence-corrected chi connectivity index (χ3v) is 4.67. The molecule has 0 spiro atoms. The Morgan fingerprint density at radius 1 is 0.800 bits per heavy atom. The van der Waals surface area contributed by atoms with Gasteiger partial charge in [-0.1, -0.05) is 36.4 Å². The van der Waals surface area contributed by atoms with E-state index >= 15 is 0 Å². The molecule has 0 saturated carbocycles. The van der Waals surface area contributed by atoms with E-state index in [-0.39, 0.29) is 22.8 Å². The fourth-order valence-corrected chi connectivity index (χ4v) is 3.32. The molecule has 0 atom stereocenters. The molecule has 7 heteroatoms. The maximum atomic E-state index is 9.44. The lowest BCUT2D eigenvalue weighted by Gasteiger charge is -2.06. The van der Waals surface area contributed by atoms with Gasteiger partial charge in [-0.25, -0.2) is 24.9 Å². The van der Waals surface area contributed by atoms with Crippen molar-refractivity contribution in [2.45, 2.75) is 0 Å². The monoisotopic (exact) mass is 381 g/mol. The van der Waals surface area contributed by atoms with Crippen LogP contribution in [0.4, 0.5) is 5.69 Å². The highest BCUT2D eigenvalue weighted by Gasteiger charge is 2.31. The van der Waals surface area contributed by atoms with Gasteiger partial charge in [0.05, 0.1) is 30.6 Å². The Kier molecular flexibility index (Phi) is 4.24. The highest BCUT2D eigenvalue weighted by atomic mass is 14.9. The van der Waals surface area contributed by atoms with Gasteiger partial charge in [0, 0.05) is 11.1 Å². The first kappa shape index (κ1) is 18.1. The third kappa shape index (κ3) is 2.64. The smallest absolute Gasteiger partial charge is 0.238 e. The molecule has 0 saturated heterocycles. The second-order valence-electron chi connectivity index (χ2n) is 6.21. The molecule has 30 heavy (non-hydrogen) atoms. The highest BCUT2D eigenvalue weighted by Crippen LogP contribution is 2.45. The van der Waals surface area contributed by atoms with Gasteiger partial charge in [-0.3, -0.25) is 0 Å². The van der Waals surface area contributed by atoms with E-state index < -0.39 is 0 Å². The molecule has 1 aliphatic carbocycles. The van der Waals surface area contributed by atoms with Crippen LogP contribution >= 0.6 is 0 Å². The molecular formula is C23H7N7. The zero-order chi connectivity index (χ0) is 21.3. The molecule has 1 aliphatic rings. The van der Waals surface area contributed by atoms with Crippen LogP contribution in [0.2, 0.25) is 0 Å². The van der Waals surface area contributed by atoms with Gasteiger partial charge in [0.25, 0.3) is 5.70 Å². The van der Waals surface area contributed by atoms with Crippen molar-refractivity contribution >= 4 is 11.3 Å². The van der Waals surface area contributed by atoms with E-state index in [4.69, 9.17) is 13.1 Å². The molecular weight excluding hydrogens is 374 g/mol. The summed E-state index contributed by atoms with van der Waals surface area (Å²) in [6.07, 6.45) is 0. The number of aromatic nitrogens is 2. The number of fused-ring (bicyclic) bond motifs is 3. The van der Waals surface area contributed by atoms with Gasteiger partial charge in [-0.15, -0.1) is 0 Å². The van der Waals surface area contributed by atoms with Gasteiger partial charge in [-0.2, -0.15) is 10.5 Å². The van der Waals surface area contributed by atoms with E-state index in [1.165, 1.54) is 0 Å². The van der Waals surface area contributed by atoms with Crippen LogP contribution in [0.15, 0.2) is 48.2 Å². The molecule has 1 aromatic heterocycles. The van der Waals surface area contributed by atoms with Gasteiger partial charge >= 0.3 is 0 Å². The van der Waals surface area contributed by atoms with Crippen molar-refractivity contribution in [3.8, 4) is 40.6 Å². The maximum Gasteiger partial charge on any atom is 0.271 e. The molecule has 0 radical (unpaired) electrons. The Morgan fingerprint density at radius 3 is 2.00 bits per heavy atom. The minimum absolute atomic E-state index is 0.114. The predicted molar refractivity (Wildman–Crippen MR) is 107 cm³/mol. The molecule has 1 heterocycles. The molecule has 4 rings (SSSR count). The minimum Gasteiger partial charge on any atom is -0.238 e. The SMILES string of the molecule is [C-]#[N+]C(C#N)=C1c2ccc(-c3ccc([N+]#[C-])cc3)cc2-c2nc(C#N)c(C#N)nc21. The maximum absolute atomic E-state index is 9.44. The first-order valence-electron chi connectivity index (χ1n) is 8.52. The standard InChI is InChI=1S/C23H7N7/c1-27-15-6-3-13(4-7-15)14-5-8-16-17(9-14)22-23(21(16)20(12-26)28-2)30-19(11-25)18(10-24)29-22/h3-9H. The second kappa shape index (κ2) is 7.03. The first-order valence-corrected chi connectivity index (χ1v) is 8.52. The topological polar surface area (TPSA) is 106 Å². The van der Waals surface area contributed by atoms with Gasteiger partial charge in [0.2, 0.25) is 0 Å². The Morgan fingerprint density at radius 2 is 1.43 bits per heavy atom. The average Bonchev–Trinajstić information content (AvgIpc) is 3.11. The molecule has 134 valence electrons. The summed E-state index contributed by atoms with van der Waals surface area (Å²) >= 11 is 0. The summed E-state index contributed by atoms with van der Waals surface area (Å²) in [5, 5.41) is 28.1. The summed E-state index contributed by atoms with van der Waals surface area (Å²) in [5.74, 6) is 0. The zero-order valence-electron chi connectivity index (χ0n) is 15.2. The Bertz CT molecular complexity index is 1460. The molecule has 3 aromatic rings. The zero-order valence-corrected chi connectivity index (χ0v) is 15.2. The molecule has 0 unspecified atom stereocenters. The van der Waals surface area contributed by atoms with Crippen LogP contribution in [0.3, 0.4) is 0 Å². The average molecular weight is 381 g/mol. The van der Waals surface area contributed by atoms with Gasteiger partial charge in [-0.05, 0) is 22.8 Å². The van der Waals surface area contributed by atoms with Crippen molar-refractivity contribution in [3.63, 3.8) is 0 Å². The predicted octanol–water partition coefficient (Wildman–Crippen LogP) is 4.62. The number of hydrogen-bond donors (Lipinski definition) is 0. The van der Waals surface area contributed by atoms with Crippen molar-refractivity contribution in [3.05, 3.63) is 93.6 Å². The lowest BCUT2D eigenvalue weighted by molar-refractivity contribution is 1.12. The van der Waals surface area contributed by atoms with Crippen LogP contribution in [-0.4, -0.2) is 9.97 Å². The fraction of sp³-hybridized carbons (Fsp3) is 0. The lowest BCUT2D eigenvalue weighted by atomic mass is 9.98. The fourth-order valence-electron chi connectivity index (χ4n) is 3.32. The normalized spacial score (nSPS) is 12.2. The van der Waals surface area contributed by atoms with Crippen molar-refractivity contribution in [2.24, 2.45) is 0 Å². The Labute approximate surface area is 171 Å². The van der Waals surface area contributed by atoms with E-state index in [2.05, 4.69) is 19.7 Å². The van der Waals surface area contributed by atoms with Gasteiger partial charge in [0.15, 0.2) is 17.1 Å². The molecule has 7 nitrogen and oxygen atoms in total. The minimum atomic E-state index is -0.160. The van der Waals surface area contributed by atoms with Gasteiger partial charge in [0.1, 0.15) is 12.1 Å². The summed E-state index contributed by atoms with van der Waals surface area (Å²) in [6, 6.07) is 18.1. The van der Waals surface area contributed by atoms with Crippen LogP contribution in [-0.2, 0) is 0 Å². The number of benzene rings is 2. The highest BCUT2D eigenvalue weighted by molar-refractivity contribution is 6.02. The van der Waals surface area contributed by atoms with Crippen LogP contribution < -0.4 is 0 Å². The van der Waals surface area contributed by atoms with Crippen LogP contribution in [0.1, 0.15) is 22.6 Å². The summed E-state index contributed by atoms with van der Waals surface area (Å²) in [5.41, 5.74) is 3.93. The summed E-state index contributed by atoms with van der Waals surface area (Å²) in [4.78, 5) is 15.3. The van der Waals surface area contributed by atoms with E-state index in [0.29, 0.717) is 28.1 Å². The van der Waals surface area contributed by atoms with E-state index in [9.17, 15) is 15.8 Å². The number of rotatable bonds is 1. The summed E-state index contributed by atoms with van der Waals surface area (Å²) in [6.45, 7) is 14.4. The molecule has 0 aliphatic heterocycles. The van der Waals surface area contributed by atoms with Gasteiger partial charge < -0.3 is 0 Å². The molecule has 0 bridgehead atoms. The van der Waals surface area contributed by atoms with Crippen molar-refractivity contribution in [1.82, 2.24) is 9.97 Å². The lowest BCUT2D eigenvalue weighted by Crippen LogP contribution is -2.00. The molecule has 2 aromatic carbocycles. The number of hydrogen-bond acceptors (Lipinski definition) is 5. The quantitative estimate of drug-likeness (QED) is 0.353. The van der Waals surface area contributed by atoms with Crippen molar-refractivity contribution in [2.75, 3.05) is 0 Å². The number of nitrogens with zero attached hydrogens (tertiary/aromatic N) is 7. The summed E-state index contributed by atoms with van der Waals surface area (Å²) in [7, 11) is 0. The van der Waals surface area contributed by atoms with Crippen molar-refractivity contribution in [1.29, 1.82) is 15.8 Å².